The molecule has 2 aromatic carbocycles. The smallest absolute Gasteiger partial charge is 0.257 e. The lowest BCUT2D eigenvalue weighted by Crippen LogP contribution is -2.11. The first kappa shape index (κ1) is 13.2. The molecule has 0 aliphatic carbocycles. The minimum Gasteiger partial charge on any atom is -0.399 e. The SMILES string of the molecule is Nc1ccc2[nH]cc(C(=O)Nc3ccc(CO)cc3)c2c1. The van der Waals surface area contributed by atoms with Crippen molar-refractivity contribution in [3.05, 3.63) is 59.8 Å². The molecular formula is C16H15N3O2. The number of carbonyl (C=O) groups excluding carboxylic acids is 1. The van der Waals surface area contributed by atoms with Crippen molar-refractivity contribution in [2.24, 2.45) is 0 Å². The Morgan fingerprint density at radius 2 is 1.95 bits per heavy atom. The summed E-state index contributed by atoms with van der Waals surface area (Å²) in [6, 6.07) is 12.5. The second-order valence-corrected chi connectivity index (χ2v) is 4.82. The Kier molecular flexibility index (Phi) is 3.33. The standard InChI is InChI=1S/C16H15N3O2/c17-11-3-6-15-13(7-11)14(8-18-15)16(21)19-12-4-1-10(9-20)2-5-12/h1-8,18,20H,9,17H2,(H,19,21). The first-order valence-electron chi connectivity index (χ1n) is 6.55. The highest BCUT2D eigenvalue weighted by molar-refractivity contribution is 6.13. The van der Waals surface area contributed by atoms with Crippen molar-refractivity contribution in [2.45, 2.75) is 6.61 Å². The summed E-state index contributed by atoms with van der Waals surface area (Å²) in [6.07, 6.45) is 1.67. The Balaban J connectivity index is 1.87. The number of aromatic nitrogens is 1. The average molecular weight is 281 g/mol. The second kappa shape index (κ2) is 5.30. The van der Waals surface area contributed by atoms with Crippen LogP contribution in [0.2, 0.25) is 0 Å². The molecule has 1 aromatic heterocycles. The number of aromatic amines is 1. The first-order valence-corrected chi connectivity index (χ1v) is 6.55. The third-order valence-corrected chi connectivity index (χ3v) is 3.34. The summed E-state index contributed by atoms with van der Waals surface area (Å²) in [5.74, 6) is -0.205. The van der Waals surface area contributed by atoms with Crippen LogP contribution in [0.25, 0.3) is 10.9 Å². The van der Waals surface area contributed by atoms with Crippen LogP contribution in [0, 0.1) is 0 Å². The Morgan fingerprint density at radius 1 is 1.19 bits per heavy atom. The van der Waals surface area contributed by atoms with Crippen LogP contribution in [-0.4, -0.2) is 16.0 Å². The molecule has 3 aromatic rings. The van der Waals surface area contributed by atoms with E-state index in [1.165, 1.54) is 0 Å². The molecule has 0 unspecified atom stereocenters. The maximum absolute atomic E-state index is 12.3. The molecule has 0 radical (unpaired) electrons. The Labute approximate surface area is 121 Å². The van der Waals surface area contributed by atoms with E-state index in [1.54, 1.807) is 42.6 Å². The van der Waals surface area contributed by atoms with Crippen molar-refractivity contribution in [3.8, 4) is 0 Å². The van der Waals surface area contributed by atoms with Gasteiger partial charge in [-0.25, -0.2) is 0 Å². The van der Waals surface area contributed by atoms with E-state index in [1.807, 2.05) is 6.07 Å². The van der Waals surface area contributed by atoms with E-state index in [4.69, 9.17) is 10.8 Å². The number of amides is 1. The van der Waals surface area contributed by atoms with Crippen LogP contribution in [0.15, 0.2) is 48.7 Å². The molecule has 106 valence electrons. The number of rotatable bonds is 3. The summed E-state index contributed by atoms with van der Waals surface area (Å²) in [6.45, 7) is -0.0179. The van der Waals surface area contributed by atoms with E-state index in [2.05, 4.69) is 10.3 Å². The Bertz CT molecular complexity index is 791. The molecule has 5 N–H and O–H groups in total. The van der Waals surface area contributed by atoms with E-state index in [0.717, 1.165) is 16.5 Å². The molecule has 3 rings (SSSR count). The van der Waals surface area contributed by atoms with Crippen LogP contribution < -0.4 is 11.1 Å². The van der Waals surface area contributed by atoms with Crippen molar-refractivity contribution < 1.29 is 9.90 Å². The minimum absolute atomic E-state index is 0.0179. The van der Waals surface area contributed by atoms with Gasteiger partial charge < -0.3 is 21.1 Å². The number of aliphatic hydroxyl groups excluding tert-OH is 1. The van der Waals surface area contributed by atoms with Crippen molar-refractivity contribution in [1.82, 2.24) is 4.98 Å². The lowest BCUT2D eigenvalue weighted by Gasteiger charge is -2.05. The van der Waals surface area contributed by atoms with Gasteiger partial charge in [-0.15, -0.1) is 0 Å². The highest BCUT2D eigenvalue weighted by Crippen LogP contribution is 2.22. The molecule has 0 bridgehead atoms. The topological polar surface area (TPSA) is 91.1 Å². The van der Waals surface area contributed by atoms with Crippen LogP contribution in [0.5, 0.6) is 0 Å². The summed E-state index contributed by atoms with van der Waals surface area (Å²) >= 11 is 0. The number of nitrogens with one attached hydrogen (secondary N) is 2. The van der Waals surface area contributed by atoms with Gasteiger partial charge in [0, 0.05) is 28.5 Å². The van der Waals surface area contributed by atoms with Crippen molar-refractivity contribution in [2.75, 3.05) is 11.1 Å². The highest BCUT2D eigenvalue weighted by atomic mass is 16.3. The van der Waals surface area contributed by atoms with E-state index >= 15 is 0 Å². The lowest BCUT2D eigenvalue weighted by atomic mass is 10.1. The zero-order valence-electron chi connectivity index (χ0n) is 11.3. The first-order chi connectivity index (χ1) is 10.2. The molecule has 0 saturated heterocycles. The number of benzene rings is 2. The van der Waals surface area contributed by atoms with Gasteiger partial charge >= 0.3 is 0 Å². The van der Waals surface area contributed by atoms with E-state index in [9.17, 15) is 4.79 Å². The number of carbonyl (C=O) groups is 1. The molecule has 0 aliphatic heterocycles. The number of hydrogen-bond donors (Lipinski definition) is 4. The molecule has 1 amide bonds. The van der Waals surface area contributed by atoms with E-state index in [-0.39, 0.29) is 12.5 Å². The molecule has 5 heteroatoms. The van der Waals surface area contributed by atoms with Crippen LogP contribution in [0.4, 0.5) is 11.4 Å². The Morgan fingerprint density at radius 3 is 2.67 bits per heavy atom. The van der Waals surface area contributed by atoms with Gasteiger partial charge in [0.1, 0.15) is 0 Å². The van der Waals surface area contributed by atoms with Gasteiger partial charge in [-0.2, -0.15) is 0 Å². The number of fused-ring (bicyclic) bond motifs is 1. The second-order valence-electron chi connectivity index (χ2n) is 4.82. The predicted octanol–water partition coefficient (Wildman–Crippen LogP) is 2.49. The summed E-state index contributed by atoms with van der Waals surface area (Å²) in [5, 5.41) is 12.6. The number of H-pyrrole nitrogens is 1. The summed E-state index contributed by atoms with van der Waals surface area (Å²) < 4.78 is 0. The molecule has 0 atom stereocenters. The third kappa shape index (κ3) is 2.59. The predicted molar refractivity (Wildman–Crippen MR) is 83.0 cm³/mol. The van der Waals surface area contributed by atoms with Gasteiger partial charge in [-0.1, -0.05) is 12.1 Å². The molecule has 0 spiro atoms. The summed E-state index contributed by atoms with van der Waals surface area (Å²) in [7, 11) is 0. The van der Waals surface area contributed by atoms with Gasteiger partial charge in [0.25, 0.3) is 5.91 Å². The average Bonchev–Trinajstić information content (AvgIpc) is 2.91. The van der Waals surface area contributed by atoms with Gasteiger partial charge in [-0.3, -0.25) is 4.79 Å². The number of aliphatic hydroxyl groups is 1. The summed E-state index contributed by atoms with van der Waals surface area (Å²) in [4.78, 5) is 15.4. The van der Waals surface area contributed by atoms with E-state index in [0.29, 0.717) is 16.9 Å². The lowest BCUT2D eigenvalue weighted by molar-refractivity contribution is 0.102. The quantitative estimate of drug-likeness (QED) is 0.556. The molecule has 21 heavy (non-hydrogen) atoms. The molecule has 0 saturated carbocycles. The molecule has 5 nitrogen and oxygen atoms in total. The van der Waals surface area contributed by atoms with Crippen LogP contribution in [0.1, 0.15) is 15.9 Å². The van der Waals surface area contributed by atoms with Gasteiger partial charge in [0.2, 0.25) is 0 Å². The largest absolute Gasteiger partial charge is 0.399 e. The zero-order chi connectivity index (χ0) is 14.8. The Hall–Kier alpha value is -2.79. The highest BCUT2D eigenvalue weighted by Gasteiger charge is 2.12. The molecular weight excluding hydrogens is 266 g/mol. The number of nitrogens with two attached hydrogens (primary N) is 1. The monoisotopic (exact) mass is 281 g/mol. The minimum atomic E-state index is -0.205. The van der Waals surface area contributed by atoms with Crippen molar-refractivity contribution >= 4 is 28.2 Å². The number of nitrogen functional groups attached to an aromatic ring is 1. The molecule has 0 aliphatic rings. The molecule has 1 heterocycles. The van der Waals surface area contributed by atoms with Crippen molar-refractivity contribution in [1.29, 1.82) is 0 Å². The number of anilines is 2. The maximum atomic E-state index is 12.3. The van der Waals surface area contributed by atoms with Crippen molar-refractivity contribution in [3.63, 3.8) is 0 Å². The van der Waals surface area contributed by atoms with Crippen LogP contribution in [-0.2, 0) is 6.61 Å². The van der Waals surface area contributed by atoms with Gasteiger partial charge in [-0.05, 0) is 35.9 Å². The number of hydrogen-bond acceptors (Lipinski definition) is 3. The van der Waals surface area contributed by atoms with Crippen LogP contribution in [0.3, 0.4) is 0 Å². The van der Waals surface area contributed by atoms with Crippen LogP contribution >= 0.6 is 0 Å². The van der Waals surface area contributed by atoms with Gasteiger partial charge in [0.05, 0.1) is 12.2 Å². The summed E-state index contributed by atoms with van der Waals surface area (Å²) in [5.41, 5.74) is 9.27. The third-order valence-electron chi connectivity index (χ3n) is 3.34. The fourth-order valence-corrected chi connectivity index (χ4v) is 2.22. The normalized spacial score (nSPS) is 10.7. The zero-order valence-corrected chi connectivity index (χ0v) is 11.3. The maximum Gasteiger partial charge on any atom is 0.257 e. The fraction of sp³-hybridized carbons (Fsp3) is 0.0625. The van der Waals surface area contributed by atoms with Gasteiger partial charge in [0.15, 0.2) is 0 Å². The molecule has 0 fully saturated rings. The van der Waals surface area contributed by atoms with E-state index < -0.39 is 0 Å². The fourth-order valence-electron chi connectivity index (χ4n) is 2.22.